The lowest BCUT2D eigenvalue weighted by molar-refractivity contribution is 0.118. The van der Waals surface area contributed by atoms with Gasteiger partial charge in [-0.2, -0.15) is 0 Å². The summed E-state index contributed by atoms with van der Waals surface area (Å²) in [6.07, 6.45) is 0. The molecule has 0 atom stereocenters. The molecule has 96 valence electrons. The summed E-state index contributed by atoms with van der Waals surface area (Å²) in [7, 11) is 0. The van der Waals surface area contributed by atoms with Crippen molar-refractivity contribution in [2.24, 2.45) is 5.92 Å². The third kappa shape index (κ3) is 4.91. The molecule has 0 fully saturated rings. The summed E-state index contributed by atoms with van der Waals surface area (Å²) in [6, 6.07) is 2.93. The molecule has 1 aromatic rings. The SMILES string of the molecule is CC(C)COCCNc1cc(Br)c(F)cc1N. The molecule has 0 spiro atoms. The lowest BCUT2D eigenvalue weighted by Crippen LogP contribution is -2.13. The first kappa shape index (κ1) is 14.3. The molecule has 0 saturated heterocycles. The highest BCUT2D eigenvalue weighted by Gasteiger charge is 2.05. The van der Waals surface area contributed by atoms with Crippen LogP contribution in [0.2, 0.25) is 0 Å². The van der Waals surface area contributed by atoms with Crippen LogP contribution in [0, 0.1) is 11.7 Å². The molecule has 0 aliphatic heterocycles. The zero-order valence-corrected chi connectivity index (χ0v) is 11.7. The van der Waals surface area contributed by atoms with Crippen LogP contribution in [0.1, 0.15) is 13.8 Å². The van der Waals surface area contributed by atoms with Crippen LogP contribution in [0.4, 0.5) is 15.8 Å². The second-order valence-corrected chi connectivity index (χ2v) is 5.10. The highest BCUT2D eigenvalue weighted by Crippen LogP contribution is 2.26. The van der Waals surface area contributed by atoms with Crippen molar-refractivity contribution in [3.05, 3.63) is 22.4 Å². The molecule has 5 heteroatoms. The van der Waals surface area contributed by atoms with Crippen molar-refractivity contribution < 1.29 is 9.13 Å². The van der Waals surface area contributed by atoms with E-state index >= 15 is 0 Å². The number of benzene rings is 1. The molecule has 0 aliphatic rings. The Kier molecular flexibility index (Phi) is 5.71. The molecule has 1 aromatic carbocycles. The third-order valence-corrected chi connectivity index (χ3v) is 2.71. The van der Waals surface area contributed by atoms with E-state index in [1.807, 2.05) is 0 Å². The first-order valence-electron chi connectivity index (χ1n) is 5.57. The minimum Gasteiger partial charge on any atom is -0.397 e. The van der Waals surface area contributed by atoms with Gasteiger partial charge in [-0.3, -0.25) is 0 Å². The molecule has 0 heterocycles. The molecule has 0 unspecified atom stereocenters. The van der Waals surface area contributed by atoms with E-state index in [-0.39, 0.29) is 5.82 Å². The van der Waals surface area contributed by atoms with E-state index in [4.69, 9.17) is 10.5 Å². The number of nitrogen functional groups attached to an aromatic ring is 1. The number of halogens is 2. The van der Waals surface area contributed by atoms with Gasteiger partial charge in [-0.05, 0) is 27.9 Å². The number of anilines is 2. The van der Waals surface area contributed by atoms with Crippen LogP contribution in [-0.2, 0) is 4.74 Å². The fourth-order valence-electron chi connectivity index (χ4n) is 1.29. The van der Waals surface area contributed by atoms with Crippen molar-refractivity contribution in [1.29, 1.82) is 0 Å². The Morgan fingerprint density at radius 2 is 2.18 bits per heavy atom. The first-order chi connectivity index (χ1) is 8.00. The molecule has 17 heavy (non-hydrogen) atoms. The summed E-state index contributed by atoms with van der Waals surface area (Å²) in [6.45, 7) is 6.19. The molecule has 0 aromatic heterocycles. The van der Waals surface area contributed by atoms with Gasteiger partial charge in [0, 0.05) is 19.2 Å². The number of ether oxygens (including phenoxy) is 1. The summed E-state index contributed by atoms with van der Waals surface area (Å²) in [5, 5.41) is 3.11. The Morgan fingerprint density at radius 1 is 1.47 bits per heavy atom. The zero-order chi connectivity index (χ0) is 12.8. The molecule has 0 saturated carbocycles. The number of hydrogen-bond donors (Lipinski definition) is 2. The highest BCUT2D eigenvalue weighted by molar-refractivity contribution is 9.10. The number of nitrogens with two attached hydrogens (primary N) is 1. The summed E-state index contributed by atoms with van der Waals surface area (Å²) in [4.78, 5) is 0. The monoisotopic (exact) mass is 304 g/mol. The van der Waals surface area contributed by atoms with E-state index in [9.17, 15) is 4.39 Å². The van der Waals surface area contributed by atoms with Gasteiger partial charge in [0.1, 0.15) is 5.82 Å². The van der Waals surface area contributed by atoms with Crippen molar-refractivity contribution in [2.45, 2.75) is 13.8 Å². The van der Waals surface area contributed by atoms with Crippen molar-refractivity contribution in [3.63, 3.8) is 0 Å². The van der Waals surface area contributed by atoms with Gasteiger partial charge in [0.25, 0.3) is 0 Å². The fraction of sp³-hybridized carbons (Fsp3) is 0.500. The molecular weight excluding hydrogens is 287 g/mol. The highest BCUT2D eigenvalue weighted by atomic mass is 79.9. The van der Waals surface area contributed by atoms with Crippen LogP contribution in [0.15, 0.2) is 16.6 Å². The van der Waals surface area contributed by atoms with Gasteiger partial charge in [-0.15, -0.1) is 0 Å². The van der Waals surface area contributed by atoms with E-state index in [1.165, 1.54) is 6.07 Å². The normalized spacial score (nSPS) is 10.9. The van der Waals surface area contributed by atoms with E-state index in [0.29, 0.717) is 34.9 Å². The third-order valence-electron chi connectivity index (χ3n) is 2.11. The second-order valence-electron chi connectivity index (χ2n) is 4.25. The maximum absolute atomic E-state index is 13.1. The smallest absolute Gasteiger partial charge is 0.139 e. The van der Waals surface area contributed by atoms with E-state index in [1.54, 1.807) is 6.07 Å². The van der Waals surface area contributed by atoms with Gasteiger partial charge < -0.3 is 15.8 Å². The summed E-state index contributed by atoms with van der Waals surface area (Å²) in [5.41, 5.74) is 6.80. The van der Waals surface area contributed by atoms with E-state index < -0.39 is 0 Å². The number of rotatable bonds is 6. The molecule has 0 aliphatic carbocycles. The largest absolute Gasteiger partial charge is 0.397 e. The van der Waals surface area contributed by atoms with Gasteiger partial charge in [0.05, 0.1) is 22.5 Å². The average molecular weight is 305 g/mol. The molecule has 0 amide bonds. The molecule has 0 radical (unpaired) electrons. The Balaban J connectivity index is 2.39. The standard InChI is InChI=1S/C12H18BrFN2O/c1-8(2)7-17-4-3-16-12-5-9(13)10(14)6-11(12)15/h5-6,8,16H,3-4,7,15H2,1-2H3. The van der Waals surface area contributed by atoms with Gasteiger partial charge in [-0.25, -0.2) is 4.39 Å². The van der Waals surface area contributed by atoms with Gasteiger partial charge in [0.2, 0.25) is 0 Å². The van der Waals surface area contributed by atoms with Crippen LogP contribution in [0.3, 0.4) is 0 Å². The number of hydrogen-bond acceptors (Lipinski definition) is 3. The van der Waals surface area contributed by atoms with Crippen molar-refractivity contribution in [2.75, 3.05) is 30.8 Å². The lowest BCUT2D eigenvalue weighted by Gasteiger charge is -2.11. The minimum absolute atomic E-state index is 0.357. The maximum Gasteiger partial charge on any atom is 0.139 e. The van der Waals surface area contributed by atoms with Crippen LogP contribution in [-0.4, -0.2) is 19.8 Å². The fourth-order valence-corrected chi connectivity index (χ4v) is 1.64. The van der Waals surface area contributed by atoms with Gasteiger partial charge in [-0.1, -0.05) is 13.8 Å². The molecule has 3 nitrogen and oxygen atoms in total. The zero-order valence-electron chi connectivity index (χ0n) is 10.1. The van der Waals surface area contributed by atoms with Crippen LogP contribution in [0.25, 0.3) is 0 Å². The molecule has 3 N–H and O–H groups in total. The van der Waals surface area contributed by atoms with Gasteiger partial charge in [0.15, 0.2) is 0 Å². The predicted molar refractivity (Wildman–Crippen MR) is 72.7 cm³/mol. The Bertz CT molecular complexity index is 372. The molecule has 0 bridgehead atoms. The minimum atomic E-state index is -0.357. The summed E-state index contributed by atoms with van der Waals surface area (Å²) < 4.78 is 18.9. The Hall–Kier alpha value is -0.810. The van der Waals surface area contributed by atoms with Crippen molar-refractivity contribution in [1.82, 2.24) is 0 Å². The summed E-state index contributed by atoms with van der Waals surface area (Å²) in [5.74, 6) is 0.171. The molecule has 1 rings (SSSR count). The Labute approximate surface area is 110 Å². The quantitative estimate of drug-likeness (QED) is 0.626. The number of nitrogens with one attached hydrogen (secondary N) is 1. The average Bonchev–Trinajstić information content (AvgIpc) is 2.24. The van der Waals surface area contributed by atoms with Crippen LogP contribution >= 0.6 is 15.9 Å². The van der Waals surface area contributed by atoms with Crippen LogP contribution < -0.4 is 11.1 Å². The summed E-state index contributed by atoms with van der Waals surface area (Å²) >= 11 is 3.12. The van der Waals surface area contributed by atoms with Gasteiger partial charge >= 0.3 is 0 Å². The van der Waals surface area contributed by atoms with Crippen molar-refractivity contribution in [3.8, 4) is 0 Å². The predicted octanol–water partition coefficient (Wildman–Crippen LogP) is 3.25. The topological polar surface area (TPSA) is 47.3 Å². The maximum atomic E-state index is 13.1. The van der Waals surface area contributed by atoms with E-state index in [2.05, 4.69) is 35.1 Å². The van der Waals surface area contributed by atoms with Crippen molar-refractivity contribution >= 4 is 27.3 Å². The Morgan fingerprint density at radius 3 is 2.82 bits per heavy atom. The molecular formula is C12H18BrFN2O. The van der Waals surface area contributed by atoms with Crippen LogP contribution in [0.5, 0.6) is 0 Å². The second kappa shape index (κ2) is 6.81. The lowest BCUT2D eigenvalue weighted by atomic mass is 10.2. The first-order valence-corrected chi connectivity index (χ1v) is 6.36. The van der Waals surface area contributed by atoms with E-state index in [0.717, 1.165) is 6.61 Å².